The van der Waals surface area contributed by atoms with Gasteiger partial charge in [0.25, 0.3) is 0 Å². The lowest BCUT2D eigenvalue weighted by Crippen LogP contribution is -1.82. The lowest BCUT2D eigenvalue weighted by atomic mass is 10.1. The molecule has 0 saturated carbocycles. The third-order valence-corrected chi connectivity index (χ3v) is 2.59. The van der Waals surface area contributed by atoms with Crippen LogP contribution in [0.1, 0.15) is 45.1 Å². The van der Waals surface area contributed by atoms with Crippen molar-refractivity contribution in [1.29, 1.82) is 0 Å². The monoisotopic (exact) mass is 215 g/mol. The van der Waals surface area contributed by atoms with Crippen molar-refractivity contribution in [2.24, 2.45) is 4.99 Å². The molecule has 1 aromatic rings. The van der Waals surface area contributed by atoms with Crippen molar-refractivity contribution in [3.05, 3.63) is 47.7 Å². The standard InChI is InChI=1S/C15H21N/c1-3-5-9-14(4-2)12-16-13-15-10-7-6-8-11-15/h6-8,10-13H,3-5,9H2,1-2H3. The Balaban J connectivity index is 2.52. The molecule has 0 amide bonds. The molecule has 0 radical (unpaired) electrons. The second-order valence-electron chi connectivity index (χ2n) is 3.93. The van der Waals surface area contributed by atoms with Crippen molar-refractivity contribution in [1.82, 2.24) is 0 Å². The molecule has 0 aromatic heterocycles. The molecule has 0 heterocycles. The zero-order valence-corrected chi connectivity index (χ0v) is 10.3. The molecule has 1 aromatic carbocycles. The molecule has 0 atom stereocenters. The second kappa shape index (κ2) is 7.86. The van der Waals surface area contributed by atoms with Crippen LogP contribution in [0, 0.1) is 0 Å². The SMILES string of the molecule is CCCCC(=CN=Cc1ccccc1)CC. The van der Waals surface area contributed by atoms with Crippen LogP contribution in [0.15, 0.2) is 47.1 Å². The van der Waals surface area contributed by atoms with E-state index in [0.717, 1.165) is 12.0 Å². The van der Waals surface area contributed by atoms with Crippen molar-refractivity contribution in [2.75, 3.05) is 0 Å². The highest BCUT2D eigenvalue weighted by atomic mass is 14.7. The van der Waals surface area contributed by atoms with Crippen molar-refractivity contribution in [2.45, 2.75) is 39.5 Å². The van der Waals surface area contributed by atoms with E-state index in [1.807, 2.05) is 30.6 Å². The topological polar surface area (TPSA) is 12.4 Å². The first-order valence-corrected chi connectivity index (χ1v) is 6.13. The molecule has 1 heteroatoms. The summed E-state index contributed by atoms with van der Waals surface area (Å²) < 4.78 is 0. The zero-order chi connectivity index (χ0) is 11.6. The fourth-order valence-electron chi connectivity index (χ4n) is 1.50. The largest absolute Gasteiger partial charge is 0.264 e. The Kier molecular flexibility index (Phi) is 6.24. The second-order valence-corrected chi connectivity index (χ2v) is 3.93. The molecule has 0 N–H and O–H groups in total. The van der Waals surface area contributed by atoms with E-state index in [1.54, 1.807) is 0 Å². The molecule has 0 aliphatic carbocycles. The summed E-state index contributed by atoms with van der Waals surface area (Å²) in [6, 6.07) is 10.2. The first kappa shape index (κ1) is 12.7. The summed E-state index contributed by atoms with van der Waals surface area (Å²) in [5.74, 6) is 0. The first-order chi connectivity index (χ1) is 7.86. The molecule has 0 unspecified atom stereocenters. The lowest BCUT2D eigenvalue weighted by molar-refractivity contribution is 0.764. The normalized spacial score (nSPS) is 12.2. The first-order valence-electron chi connectivity index (χ1n) is 6.13. The number of hydrogen-bond acceptors (Lipinski definition) is 1. The molecule has 0 aliphatic rings. The van der Waals surface area contributed by atoms with E-state index < -0.39 is 0 Å². The zero-order valence-electron chi connectivity index (χ0n) is 10.3. The number of allylic oxidation sites excluding steroid dienone is 1. The average Bonchev–Trinajstić information content (AvgIpc) is 2.35. The molecule has 0 aliphatic heterocycles. The van der Waals surface area contributed by atoms with Gasteiger partial charge in [-0.15, -0.1) is 0 Å². The maximum atomic E-state index is 4.38. The van der Waals surface area contributed by atoms with Gasteiger partial charge in [-0.25, -0.2) is 0 Å². The van der Waals surface area contributed by atoms with E-state index in [0.29, 0.717) is 0 Å². The maximum absolute atomic E-state index is 4.38. The van der Waals surface area contributed by atoms with Crippen LogP contribution in [-0.2, 0) is 0 Å². The molecule has 0 saturated heterocycles. The number of unbranched alkanes of at least 4 members (excludes halogenated alkanes) is 1. The van der Waals surface area contributed by atoms with Crippen molar-refractivity contribution in [3.8, 4) is 0 Å². The van der Waals surface area contributed by atoms with Crippen molar-refractivity contribution < 1.29 is 0 Å². The van der Waals surface area contributed by atoms with Crippen LogP contribution >= 0.6 is 0 Å². The van der Waals surface area contributed by atoms with Gasteiger partial charge in [-0.05, 0) is 24.8 Å². The molecule has 86 valence electrons. The minimum atomic E-state index is 1.10. The third-order valence-electron chi connectivity index (χ3n) is 2.59. The molecule has 1 nitrogen and oxygen atoms in total. The van der Waals surface area contributed by atoms with Crippen LogP contribution in [0.25, 0.3) is 0 Å². The fraction of sp³-hybridized carbons (Fsp3) is 0.400. The van der Waals surface area contributed by atoms with E-state index in [9.17, 15) is 0 Å². The highest BCUT2D eigenvalue weighted by Crippen LogP contribution is 2.10. The number of benzene rings is 1. The highest BCUT2D eigenvalue weighted by molar-refractivity contribution is 5.79. The Morgan fingerprint density at radius 3 is 2.56 bits per heavy atom. The Morgan fingerprint density at radius 2 is 1.94 bits per heavy atom. The predicted molar refractivity (Wildman–Crippen MR) is 71.9 cm³/mol. The number of rotatable bonds is 6. The predicted octanol–water partition coefficient (Wildman–Crippen LogP) is 4.59. The Morgan fingerprint density at radius 1 is 1.19 bits per heavy atom. The van der Waals surface area contributed by atoms with E-state index in [-0.39, 0.29) is 0 Å². The summed E-state index contributed by atoms with van der Waals surface area (Å²) in [6.45, 7) is 4.42. The van der Waals surface area contributed by atoms with Gasteiger partial charge in [-0.1, -0.05) is 56.2 Å². The van der Waals surface area contributed by atoms with Crippen LogP contribution in [-0.4, -0.2) is 6.21 Å². The van der Waals surface area contributed by atoms with Gasteiger partial charge in [0.2, 0.25) is 0 Å². The van der Waals surface area contributed by atoms with Gasteiger partial charge in [-0.2, -0.15) is 0 Å². The van der Waals surface area contributed by atoms with Gasteiger partial charge < -0.3 is 0 Å². The average molecular weight is 215 g/mol. The van der Waals surface area contributed by atoms with E-state index in [1.165, 1.54) is 24.8 Å². The third kappa shape index (κ3) is 4.92. The fourth-order valence-corrected chi connectivity index (χ4v) is 1.50. The van der Waals surface area contributed by atoms with Crippen LogP contribution in [0.4, 0.5) is 0 Å². The van der Waals surface area contributed by atoms with Crippen molar-refractivity contribution in [3.63, 3.8) is 0 Å². The Hall–Kier alpha value is -1.37. The van der Waals surface area contributed by atoms with E-state index in [2.05, 4.69) is 31.0 Å². The number of hydrogen-bond donors (Lipinski definition) is 0. The van der Waals surface area contributed by atoms with Gasteiger partial charge in [0.1, 0.15) is 0 Å². The molecule has 0 spiro atoms. The van der Waals surface area contributed by atoms with E-state index >= 15 is 0 Å². The molecule has 1 rings (SSSR count). The smallest absolute Gasteiger partial charge is 0.0340 e. The number of nitrogens with zero attached hydrogens (tertiary/aromatic N) is 1. The molecular weight excluding hydrogens is 194 g/mol. The summed E-state index contributed by atoms with van der Waals surface area (Å²) in [6.07, 6.45) is 8.73. The van der Waals surface area contributed by atoms with Gasteiger partial charge >= 0.3 is 0 Å². The minimum Gasteiger partial charge on any atom is -0.264 e. The van der Waals surface area contributed by atoms with Crippen molar-refractivity contribution >= 4 is 6.21 Å². The summed E-state index contributed by atoms with van der Waals surface area (Å²) in [4.78, 5) is 4.38. The summed E-state index contributed by atoms with van der Waals surface area (Å²) in [5.41, 5.74) is 2.60. The van der Waals surface area contributed by atoms with Gasteiger partial charge in [0, 0.05) is 12.4 Å². The molecule has 0 fully saturated rings. The minimum absolute atomic E-state index is 1.10. The number of aliphatic imine (C=N–C) groups is 1. The molecular formula is C15H21N. The molecule has 0 bridgehead atoms. The van der Waals surface area contributed by atoms with Gasteiger partial charge in [0.05, 0.1) is 0 Å². The van der Waals surface area contributed by atoms with E-state index in [4.69, 9.17) is 0 Å². The van der Waals surface area contributed by atoms with Crippen LogP contribution in [0.3, 0.4) is 0 Å². The van der Waals surface area contributed by atoms with Crippen LogP contribution in [0.5, 0.6) is 0 Å². The van der Waals surface area contributed by atoms with Crippen LogP contribution in [0.2, 0.25) is 0 Å². The van der Waals surface area contributed by atoms with Crippen LogP contribution < -0.4 is 0 Å². The Bertz CT molecular complexity index is 336. The maximum Gasteiger partial charge on any atom is 0.0340 e. The lowest BCUT2D eigenvalue weighted by Gasteiger charge is -2.00. The Labute approximate surface area is 98.9 Å². The van der Waals surface area contributed by atoms with Gasteiger partial charge in [0.15, 0.2) is 0 Å². The summed E-state index contributed by atoms with van der Waals surface area (Å²) in [5, 5.41) is 0. The summed E-state index contributed by atoms with van der Waals surface area (Å²) >= 11 is 0. The van der Waals surface area contributed by atoms with Gasteiger partial charge in [-0.3, -0.25) is 4.99 Å². The molecule has 16 heavy (non-hydrogen) atoms. The highest BCUT2D eigenvalue weighted by Gasteiger charge is 1.92. The summed E-state index contributed by atoms with van der Waals surface area (Å²) in [7, 11) is 0. The quantitative estimate of drug-likeness (QED) is 0.615.